The molecule has 2 rings (SSSR count). The molecule has 28 heavy (non-hydrogen) atoms. The molecule has 0 radical (unpaired) electrons. The zero-order valence-electron chi connectivity index (χ0n) is 16.3. The van der Waals surface area contributed by atoms with Crippen molar-refractivity contribution in [3.05, 3.63) is 58.6 Å². The van der Waals surface area contributed by atoms with Gasteiger partial charge in [-0.15, -0.1) is 0 Å². The average molecular weight is 404 g/mol. The molecule has 0 aromatic heterocycles. The number of amides is 3. The van der Waals surface area contributed by atoms with Crippen LogP contribution in [0.5, 0.6) is 5.75 Å². The summed E-state index contributed by atoms with van der Waals surface area (Å²) in [5.74, 6) is 0.580. The Hall–Kier alpha value is -2.73. The largest absolute Gasteiger partial charge is 0.497 e. The number of rotatable bonds is 8. The monoisotopic (exact) mass is 403 g/mol. The van der Waals surface area contributed by atoms with Crippen LogP contribution in [0.3, 0.4) is 0 Å². The van der Waals surface area contributed by atoms with Gasteiger partial charge in [0.25, 0.3) is 0 Å². The van der Waals surface area contributed by atoms with E-state index in [4.69, 9.17) is 16.3 Å². The molecule has 0 heterocycles. The topological polar surface area (TPSA) is 79.5 Å². The van der Waals surface area contributed by atoms with E-state index in [9.17, 15) is 9.59 Å². The standard InChI is InChI=1S/C21H26ClN3O3/c1-4-18(15-8-10-16(28-3)11-9-15)25-21(27)23-13-12-20(26)24-19-7-5-6-17(22)14(19)2/h5-11,18H,4,12-13H2,1-3H3,(H,24,26)(H2,23,25,27). The quantitative estimate of drug-likeness (QED) is 0.609. The normalized spacial score (nSPS) is 11.4. The van der Waals surface area contributed by atoms with Crippen LogP contribution in [0.1, 0.15) is 36.9 Å². The van der Waals surface area contributed by atoms with E-state index in [-0.39, 0.29) is 30.9 Å². The Morgan fingerprint density at radius 2 is 1.86 bits per heavy atom. The Morgan fingerprint density at radius 1 is 1.14 bits per heavy atom. The minimum absolute atomic E-state index is 0.117. The molecule has 0 bridgehead atoms. The summed E-state index contributed by atoms with van der Waals surface area (Å²) in [6.07, 6.45) is 0.910. The number of nitrogens with one attached hydrogen (secondary N) is 3. The Balaban J connectivity index is 1.79. The Kier molecular flexibility index (Phi) is 8.14. The number of carbonyl (C=O) groups is 2. The summed E-state index contributed by atoms with van der Waals surface area (Å²) in [5, 5.41) is 9.04. The molecule has 1 atom stereocenters. The maximum Gasteiger partial charge on any atom is 0.315 e. The molecule has 2 aromatic carbocycles. The maximum absolute atomic E-state index is 12.2. The Morgan fingerprint density at radius 3 is 2.50 bits per heavy atom. The summed E-state index contributed by atoms with van der Waals surface area (Å²) in [6, 6.07) is 12.5. The fourth-order valence-corrected chi connectivity index (χ4v) is 2.89. The van der Waals surface area contributed by atoms with Crippen LogP contribution in [0.2, 0.25) is 5.02 Å². The molecule has 2 aromatic rings. The van der Waals surface area contributed by atoms with Crippen LogP contribution in [-0.2, 0) is 4.79 Å². The molecular weight excluding hydrogens is 378 g/mol. The van der Waals surface area contributed by atoms with Gasteiger partial charge in [0.05, 0.1) is 13.2 Å². The van der Waals surface area contributed by atoms with Crippen LogP contribution < -0.4 is 20.7 Å². The highest BCUT2D eigenvalue weighted by Gasteiger charge is 2.13. The number of hydrogen-bond donors (Lipinski definition) is 3. The van der Waals surface area contributed by atoms with E-state index in [0.717, 1.165) is 23.3 Å². The van der Waals surface area contributed by atoms with Gasteiger partial charge in [-0.1, -0.05) is 36.7 Å². The van der Waals surface area contributed by atoms with Crippen LogP contribution in [0.4, 0.5) is 10.5 Å². The summed E-state index contributed by atoms with van der Waals surface area (Å²) in [5.41, 5.74) is 2.48. The number of hydrogen-bond acceptors (Lipinski definition) is 3. The lowest BCUT2D eigenvalue weighted by Gasteiger charge is -2.18. The second kappa shape index (κ2) is 10.6. The molecule has 0 saturated carbocycles. The molecule has 7 heteroatoms. The maximum atomic E-state index is 12.2. The smallest absolute Gasteiger partial charge is 0.315 e. The van der Waals surface area contributed by atoms with Crippen molar-refractivity contribution in [3.8, 4) is 5.75 Å². The third kappa shape index (κ3) is 6.16. The Labute approximate surface area is 170 Å². The van der Waals surface area contributed by atoms with Crippen molar-refractivity contribution in [1.82, 2.24) is 10.6 Å². The van der Waals surface area contributed by atoms with E-state index < -0.39 is 0 Å². The number of methoxy groups -OCH3 is 1. The summed E-state index contributed by atoms with van der Waals surface area (Å²) in [6.45, 7) is 4.07. The van der Waals surface area contributed by atoms with Crippen molar-refractivity contribution in [2.75, 3.05) is 19.0 Å². The lowest BCUT2D eigenvalue weighted by atomic mass is 10.0. The highest BCUT2D eigenvalue weighted by Crippen LogP contribution is 2.23. The minimum Gasteiger partial charge on any atom is -0.497 e. The van der Waals surface area contributed by atoms with E-state index >= 15 is 0 Å². The highest BCUT2D eigenvalue weighted by molar-refractivity contribution is 6.31. The van der Waals surface area contributed by atoms with Gasteiger partial charge in [0.1, 0.15) is 5.75 Å². The summed E-state index contributed by atoms with van der Waals surface area (Å²) < 4.78 is 5.15. The van der Waals surface area contributed by atoms with Crippen LogP contribution >= 0.6 is 11.6 Å². The van der Waals surface area contributed by atoms with E-state index in [2.05, 4.69) is 16.0 Å². The van der Waals surface area contributed by atoms with Crippen molar-refractivity contribution in [2.24, 2.45) is 0 Å². The number of ether oxygens (including phenoxy) is 1. The van der Waals surface area contributed by atoms with Crippen molar-refractivity contribution >= 4 is 29.2 Å². The molecule has 0 aliphatic heterocycles. The van der Waals surface area contributed by atoms with E-state index in [1.165, 1.54) is 0 Å². The summed E-state index contributed by atoms with van der Waals surface area (Å²) >= 11 is 6.05. The molecular formula is C21H26ClN3O3. The van der Waals surface area contributed by atoms with Crippen LogP contribution in [-0.4, -0.2) is 25.6 Å². The van der Waals surface area contributed by atoms with Gasteiger partial charge < -0.3 is 20.7 Å². The predicted octanol–water partition coefficient (Wildman–Crippen LogP) is 4.44. The van der Waals surface area contributed by atoms with Crippen LogP contribution in [0, 0.1) is 6.92 Å². The first kappa shape index (κ1) is 21.6. The first-order valence-corrected chi connectivity index (χ1v) is 9.55. The third-order valence-corrected chi connectivity index (χ3v) is 4.82. The van der Waals surface area contributed by atoms with Gasteiger partial charge in [0, 0.05) is 23.7 Å². The van der Waals surface area contributed by atoms with Crippen molar-refractivity contribution in [1.29, 1.82) is 0 Å². The zero-order valence-corrected chi connectivity index (χ0v) is 17.1. The number of urea groups is 1. The minimum atomic E-state index is -0.311. The third-order valence-electron chi connectivity index (χ3n) is 4.41. The van der Waals surface area contributed by atoms with E-state index in [1.54, 1.807) is 25.3 Å². The summed E-state index contributed by atoms with van der Waals surface area (Å²) in [4.78, 5) is 24.2. The second-order valence-corrected chi connectivity index (χ2v) is 6.75. The lowest BCUT2D eigenvalue weighted by Crippen LogP contribution is -2.39. The zero-order chi connectivity index (χ0) is 20.5. The SMILES string of the molecule is CCC(NC(=O)NCCC(=O)Nc1cccc(Cl)c1C)c1ccc(OC)cc1. The first-order valence-electron chi connectivity index (χ1n) is 9.17. The lowest BCUT2D eigenvalue weighted by molar-refractivity contribution is -0.116. The number of halogens is 1. The molecule has 0 aliphatic rings. The van der Waals surface area contributed by atoms with Crippen molar-refractivity contribution in [3.63, 3.8) is 0 Å². The Bertz CT molecular complexity index is 809. The first-order chi connectivity index (χ1) is 13.4. The molecule has 0 aliphatic carbocycles. The number of carbonyl (C=O) groups excluding carboxylic acids is 2. The van der Waals surface area contributed by atoms with Gasteiger partial charge >= 0.3 is 6.03 Å². The van der Waals surface area contributed by atoms with E-state index in [1.807, 2.05) is 38.1 Å². The van der Waals surface area contributed by atoms with Gasteiger partial charge in [-0.2, -0.15) is 0 Å². The van der Waals surface area contributed by atoms with Crippen molar-refractivity contribution < 1.29 is 14.3 Å². The van der Waals surface area contributed by atoms with Crippen LogP contribution in [0.15, 0.2) is 42.5 Å². The average Bonchev–Trinajstić information content (AvgIpc) is 2.69. The predicted molar refractivity (Wildman–Crippen MR) is 112 cm³/mol. The fourth-order valence-electron chi connectivity index (χ4n) is 2.71. The van der Waals surface area contributed by atoms with Gasteiger partial charge in [-0.05, 0) is 48.7 Å². The van der Waals surface area contributed by atoms with Gasteiger partial charge in [0.15, 0.2) is 0 Å². The van der Waals surface area contributed by atoms with Gasteiger partial charge in [0.2, 0.25) is 5.91 Å². The van der Waals surface area contributed by atoms with Gasteiger partial charge in [-0.25, -0.2) is 4.79 Å². The van der Waals surface area contributed by atoms with Gasteiger partial charge in [-0.3, -0.25) is 4.79 Å². The fraction of sp³-hybridized carbons (Fsp3) is 0.333. The number of benzene rings is 2. The molecule has 6 nitrogen and oxygen atoms in total. The molecule has 0 spiro atoms. The number of anilines is 1. The molecule has 3 N–H and O–H groups in total. The van der Waals surface area contributed by atoms with Crippen LogP contribution in [0.25, 0.3) is 0 Å². The molecule has 0 fully saturated rings. The van der Waals surface area contributed by atoms with Crippen molar-refractivity contribution in [2.45, 2.75) is 32.7 Å². The molecule has 150 valence electrons. The summed E-state index contributed by atoms with van der Waals surface area (Å²) in [7, 11) is 1.61. The van der Waals surface area contributed by atoms with E-state index in [0.29, 0.717) is 10.7 Å². The highest BCUT2D eigenvalue weighted by atomic mass is 35.5. The molecule has 0 saturated heterocycles. The molecule has 1 unspecified atom stereocenters. The second-order valence-electron chi connectivity index (χ2n) is 6.34. The molecule has 3 amide bonds.